The topological polar surface area (TPSA) is 61.4 Å². The maximum absolute atomic E-state index is 12.0. The molecule has 0 aliphatic carbocycles. The first kappa shape index (κ1) is 20.0. The molecule has 28 heavy (non-hydrogen) atoms. The number of unbranched alkanes of at least 4 members (excludes halogenated alkanes) is 1. The fraction of sp³-hybridized carbons (Fsp3) is 0.409. The zero-order valence-corrected chi connectivity index (χ0v) is 16.6. The lowest BCUT2D eigenvalue weighted by molar-refractivity contribution is 0.0947. The highest BCUT2D eigenvalue weighted by atomic mass is 16.1. The Labute approximate surface area is 167 Å². The summed E-state index contributed by atoms with van der Waals surface area (Å²) in [5, 5.41) is 11.2. The van der Waals surface area contributed by atoms with Crippen LogP contribution in [-0.2, 0) is 0 Å². The lowest BCUT2D eigenvalue weighted by Gasteiger charge is -2.34. The summed E-state index contributed by atoms with van der Waals surface area (Å²) in [6.07, 6.45) is 6.42. The van der Waals surface area contributed by atoms with E-state index in [0.717, 1.165) is 51.4 Å². The molecule has 1 aliphatic heterocycles. The van der Waals surface area contributed by atoms with Gasteiger partial charge in [-0.05, 0) is 24.1 Å². The molecule has 1 amide bonds. The molecule has 0 radical (unpaired) electrons. The van der Waals surface area contributed by atoms with Crippen LogP contribution in [-0.4, -0.2) is 60.3 Å². The van der Waals surface area contributed by atoms with Crippen LogP contribution in [0.3, 0.4) is 0 Å². The fourth-order valence-corrected chi connectivity index (χ4v) is 3.15. The highest BCUT2D eigenvalue weighted by Gasteiger charge is 2.18. The first-order chi connectivity index (χ1) is 13.8. The van der Waals surface area contributed by atoms with Gasteiger partial charge < -0.3 is 10.2 Å². The Morgan fingerprint density at radius 2 is 1.86 bits per heavy atom. The normalized spacial score (nSPS) is 15.1. The lowest BCUT2D eigenvalue weighted by atomic mass is 10.2. The van der Waals surface area contributed by atoms with Gasteiger partial charge >= 0.3 is 0 Å². The van der Waals surface area contributed by atoms with Gasteiger partial charge in [0.2, 0.25) is 0 Å². The summed E-state index contributed by atoms with van der Waals surface area (Å²) >= 11 is 0. The molecule has 1 saturated heterocycles. The second-order valence-electron chi connectivity index (χ2n) is 6.99. The molecular formula is C22H29N5O. The molecule has 1 fully saturated rings. The van der Waals surface area contributed by atoms with Gasteiger partial charge in [0.25, 0.3) is 5.91 Å². The van der Waals surface area contributed by atoms with Crippen LogP contribution in [0.4, 0.5) is 5.82 Å². The predicted octanol–water partition coefficient (Wildman–Crippen LogP) is 2.84. The van der Waals surface area contributed by atoms with E-state index in [1.54, 1.807) is 6.07 Å². The molecule has 1 aromatic carbocycles. The number of amides is 1. The molecule has 0 unspecified atom stereocenters. The quantitative estimate of drug-likeness (QED) is 0.715. The number of rotatable bonds is 8. The Bertz CT molecular complexity index is 752. The summed E-state index contributed by atoms with van der Waals surface area (Å²) in [7, 11) is 0. The summed E-state index contributed by atoms with van der Waals surface area (Å²) in [5.74, 6) is 0.687. The summed E-state index contributed by atoms with van der Waals surface area (Å²) in [5.41, 5.74) is 1.61. The number of nitrogens with zero attached hydrogens (tertiary/aromatic N) is 4. The SMILES string of the molecule is CCCCNC(=O)c1ccc(N2CCN(C/C=C/c3ccccc3)CC2)nn1. The van der Waals surface area contributed by atoms with Gasteiger partial charge in [0.15, 0.2) is 11.5 Å². The maximum atomic E-state index is 12.0. The van der Waals surface area contributed by atoms with Crippen LogP contribution >= 0.6 is 0 Å². The van der Waals surface area contributed by atoms with Crippen molar-refractivity contribution in [3.8, 4) is 0 Å². The van der Waals surface area contributed by atoms with Gasteiger partial charge in [0, 0.05) is 39.3 Å². The minimum absolute atomic E-state index is 0.150. The summed E-state index contributed by atoms with van der Waals surface area (Å²) in [6.45, 7) is 7.52. The van der Waals surface area contributed by atoms with Gasteiger partial charge in [-0.15, -0.1) is 10.2 Å². The molecule has 148 valence electrons. The molecule has 2 aromatic rings. The minimum Gasteiger partial charge on any atom is -0.353 e. The Morgan fingerprint density at radius 1 is 1.07 bits per heavy atom. The van der Waals surface area contributed by atoms with Gasteiger partial charge in [-0.3, -0.25) is 9.69 Å². The van der Waals surface area contributed by atoms with Crippen molar-refractivity contribution in [2.45, 2.75) is 19.8 Å². The van der Waals surface area contributed by atoms with E-state index in [1.165, 1.54) is 5.56 Å². The van der Waals surface area contributed by atoms with Crippen molar-refractivity contribution < 1.29 is 4.79 Å². The molecule has 1 aromatic heterocycles. The van der Waals surface area contributed by atoms with E-state index in [1.807, 2.05) is 12.1 Å². The Hall–Kier alpha value is -2.73. The second kappa shape index (κ2) is 10.6. The van der Waals surface area contributed by atoms with E-state index in [4.69, 9.17) is 0 Å². The molecule has 6 nitrogen and oxygen atoms in total. The number of anilines is 1. The number of nitrogens with one attached hydrogen (secondary N) is 1. The van der Waals surface area contributed by atoms with Crippen molar-refractivity contribution in [1.82, 2.24) is 20.4 Å². The number of benzene rings is 1. The molecule has 0 atom stereocenters. The van der Waals surface area contributed by atoms with Crippen LogP contribution in [0.25, 0.3) is 6.08 Å². The smallest absolute Gasteiger partial charge is 0.271 e. The number of hydrogen-bond acceptors (Lipinski definition) is 5. The molecule has 6 heteroatoms. The number of piperazine rings is 1. The lowest BCUT2D eigenvalue weighted by Crippen LogP contribution is -2.46. The molecule has 2 heterocycles. The van der Waals surface area contributed by atoms with E-state index < -0.39 is 0 Å². The maximum Gasteiger partial charge on any atom is 0.271 e. The van der Waals surface area contributed by atoms with E-state index >= 15 is 0 Å². The zero-order valence-electron chi connectivity index (χ0n) is 16.6. The van der Waals surface area contributed by atoms with Gasteiger partial charge in [-0.25, -0.2) is 0 Å². The Morgan fingerprint density at radius 3 is 2.54 bits per heavy atom. The van der Waals surface area contributed by atoms with Gasteiger partial charge in [0.1, 0.15) is 0 Å². The van der Waals surface area contributed by atoms with Gasteiger partial charge in [-0.1, -0.05) is 55.8 Å². The van der Waals surface area contributed by atoms with Crippen molar-refractivity contribution in [2.75, 3.05) is 44.2 Å². The van der Waals surface area contributed by atoms with Crippen molar-refractivity contribution in [3.05, 3.63) is 59.8 Å². The predicted molar refractivity (Wildman–Crippen MR) is 113 cm³/mol. The molecule has 3 rings (SSSR count). The highest BCUT2D eigenvalue weighted by molar-refractivity contribution is 5.92. The van der Waals surface area contributed by atoms with Crippen LogP contribution in [0.5, 0.6) is 0 Å². The average Bonchev–Trinajstić information content (AvgIpc) is 2.75. The monoisotopic (exact) mass is 379 g/mol. The molecule has 0 saturated carbocycles. The molecule has 0 spiro atoms. The van der Waals surface area contributed by atoms with Crippen molar-refractivity contribution >= 4 is 17.8 Å². The number of hydrogen-bond donors (Lipinski definition) is 1. The van der Waals surface area contributed by atoms with Gasteiger partial charge in [-0.2, -0.15) is 0 Å². The van der Waals surface area contributed by atoms with E-state index in [2.05, 4.69) is 68.7 Å². The number of aromatic nitrogens is 2. The third-order valence-electron chi connectivity index (χ3n) is 4.87. The zero-order chi connectivity index (χ0) is 19.6. The van der Waals surface area contributed by atoms with Crippen LogP contribution < -0.4 is 10.2 Å². The van der Waals surface area contributed by atoms with Crippen LogP contribution in [0.15, 0.2) is 48.5 Å². The minimum atomic E-state index is -0.150. The largest absolute Gasteiger partial charge is 0.353 e. The standard InChI is InChI=1S/C22H29N5O/c1-2-3-13-23-22(28)20-11-12-21(25-24-20)27-17-15-26(16-18-27)14-7-10-19-8-5-4-6-9-19/h4-12H,2-3,13-18H2,1H3,(H,23,28)/b10-7+. The fourth-order valence-electron chi connectivity index (χ4n) is 3.15. The Balaban J connectivity index is 1.44. The summed E-state index contributed by atoms with van der Waals surface area (Å²) < 4.78 is 0. The highest BCUT2D eigenvalue weighted by Crippen LogP contribution is 2.13. The molecule has 1 N–H and O–H groups in total. The van der Waals surface area contributed by atoms with Crippen LogP contribution in [0.2, 0.25) is 0 Å². The third kappa shape index (κ3) is 5.89. The number of carbonyl (C=O) groups is 1. The second-order valence-corrected chi connectivity index (χ2v) is 6.99. The van der Waals surface area contributed by atoms with Crippen molar-refractivity contribution in [1.29, 1.82) is 0 Å². The first-order valence-electron chi connectivity index (χ1n) is 10.1. The molecule has 0 bridgehead atoms. The summed E-state index contributed by atoms with van der Waals surface area (Å²) in [6, 6.07) is 14.0. The van der Waals surface area contributed by atoms with Gasteiger partial charge in [0.05, 0.1) is 0 Å². The van der Waals surface area contributed by atoms with Crippen molar-refractivity contribution in [2.24, 2.45) is 0 Å². The molecule has 1 aliphatic rings. The summed E-state index contributed by atoms with van der Waals surface area (Å²) in [4.78, 5) is 16.7. The van der Waals surface area contributed by atoms with Crippen LogP contribution in [0.1, 0.15) is 35.8 Å². The Kier molecular flexibility index (Phi) is 7.55. The van der Waals surface area contributed by atoms with Crippen molar-refractivity contribution in [3.63, 3.8) is 0 Å². The van der Waals surface area contributed by atoms with E-state index in [-0.39, 0.29) is 5.91 Å². The number of carbonyl (C=O) groups excluding carboxylic acids is 1. The third-order valence-corrected chi connectivity index (χ3v) is 4.87. The molecular weight excluding hydrogens is 350 g/mol. The first-order valence-corrected chi connectivity index (χ1v) is 10.1. The van der Waals surface area contributed by atoms with E-state index in [9.17, 15) is 4.79 Å². The van der Waals surface area contributed by atoms with E-state index in [0.29, 0.717) is 12.2 Å². The average molecular weight is 380 g/mol. The van der Waals surface area contributed by atoms with Crippen LogP contribution in [0, 0.1) is 0 Å².